The molecule has 0 aromatic carbocycles. The highest BCUT2D eigenvalue weighted by molar-refractivity contribution is 5.72. The molecule has 0 aromatic heterocycles. The van der Waals surface area contributed by atoms with Crippen molar-refractivity contribution in [2.45, 2.75) is 65.1 Å². The number of rotatable bonds is 2. The molecule has 3 heteroatoms. The van der Waals surface area contributed by atoms with Crippen LogP contribution >= 0.6 is 0 Å². The molecule has 1 saturated carbocycles. The lowest BCUT2D eigenvalue weighted by Crippen LogP contribution is -2.45. The van der Waals surface area contributed by atoms with Crippen LogP contribution in [0.5, 0.6) is 0 Å². The van der Waals surface area contributed by atoms with Crippen LogP contribution in [0, 0.1) is 5.41 Å². The monoisotopic (exact) mass is 224 g/mol. The molecule has 0 aromatic rings. The van der Waals surface area contributed by atoms with Crippen LogP contribution in [0.4, 0.5) is 0 Å². The Morgan fingerprint density at radius 1 is 1.44 bits per heavy atom. The van der Waals surface area contributed by atoms with E-state index in [1.54, 1.807) is 6.92 Å². The second-order valence-electron chi connectivity index (χ2n) is 6.62. The van der Waals surface area contributed by atoms with Gasteiger partial charge in [-0.3, -0.25) is 9.69 Å². The van der Waals surface area contributed by atoms with Gasteiger partial charge in [0.25, 0.3) is 0 Å². The summed E-state index contributed by atoms with van der Waals surface area (Å²) in [6.07, 6.45) is 2.49. The summed E-state index contributed by atoms with van der Waals surface area (Å²) < 4.78 is 0. The van der Waals surface area contributed by atoms with Crippen molar-refractivity contribution in [2.75, 3.05) is 6.54 Å². The van der Waals surface area contributed by atoms with Gasteiger partial charge in [0.05, 0.1) is 0 Å². The summed E-state index contributed by atoms with van der Waals surface area (Å²) in [5.41, 5.74) is 0.636. The Labute approximate surface area is 98.6 Å². The highest BCUT2D eigenvalue weighted by Crippen LogP contribution is 2.60. The summed E-state index contributed by atoms with van der Waals surface area (Å²) in [6, 6.07) is 1.34. The van der Waals surface area contributed by atoms with Gasteiger partial charge in [0.2, 0.25) is 5.91 Å². The van der Waals surface area contributed by atoms with E-state index >= 15 is 0 Å². The molecule has 1 saturated heterocycles. The molecular weight excluding hydrogens is 200 g/mol. The zero-order chi connectivity index (χ0) is 12.1. The minimum Gasteiger partial charge on any atom is -0.356 e. The van der Waals surface area contributed by atoms with E-state index in [-0.39, 0.29) is 11.4 Å². The van der Waals surface area contributed by atoms with Crippen molar-refractivity contribution in [1.82, 2.24) is 10.2 Å². The van der Waals surface area contributed by atoms with E-state index in [9.17, 15) is 4.79 Å². The summed E-state index contributed by atoms with van der Waals surface area (Å²) in [7, 11) is 0. The van der Waals surface area contributed by atoms with Crippen molar-refractivity contribution in [2.24, 2.45) is 5.41 Å². The number of amides is 1. The van der Waals surface area contributed by atoms with Gasteiger partial charge in [0.15, 0.2) is 0 Å². The second-order valence-corrected chi connectivity index (χ2v) is 6.62. The normalized spacial score (nSPS) is 38.3. The molecule has 1 N–H and O–H groups in total. The van der Waals surface area contributed by atoms with Crippen LogP contribution in [0.3, 0.4) is 0 Å². The van der Waals surface area contributed by atoms with E-state index < -0.39 is 0 Å². The summed E-state index contributed by atoms with van der Waals surface area (Å²) in [5, 5.41) is 3.00. The molecule has 16 heavy (non-hydrogen) atoms. The molecule has 3 nitrogen and oxygen atoms in total. The standard InChI is InChI=1S/C13H24N2O/c1-9-6-13(8-14-10(2)16)7-11(13)15(9)12(3,4)5/h9,11H,6-8H2,1-5H3,(H,14,16)/t9-,11-,13+/m1/s1. The van der Waals surface area contributed by atoms with E-state index in [0.29, 0.717) is 17.5 Å². The van der Waals surface area contributed by atoms with E-state index in [4.69, 9.17) is 0 Å². The number of nitrogens with zero attached hydrogens (tertiary/aromatic N) is 1. The van der Waals surface area contributed by atoms with Gasteiger partial charge in [0, 0.05) is 36.5 Å². The Bertz CT molecular complexity index is 308. The number of piperidine rings is 1. The summed E-state index contributed by atoms with van der Waals surface area (Å²) in [4.78, 5) is 13.6. The SMILES string of the molecule is CC(=O)NC[C@@]12C[C@@H](C)N(C(C)(C)C)[C@@H]1C2. The fourth-order valence-electron chi connectivity index (χ4n) is 3.62. The van der Waals surface area contributed by atoms with E-state index in [1.807, 2.05) is 0 Å². The Hall–Kier alpha value is -0.570. The average molecular weight is 224 g/mol. The molecule has 0 bridgehead atoms. The first-order valence-electron chi connectivity index (χ1n) is 6.29. The summed E-state index contributed by atoms with van der Waals surface area (Å²) >= 11 is 0. The fraction of sp³-hybridized carbons (Fsp3) is 0.923. The van der Waals surface area contributed by atoms with Crippen LogP contribution in [0.1, 0.15) is 47.5 Å². The number of hydrogen-bond donors (Lipinski definition) is 1. The number of carbonyl (C=O) groups is 1. The molecule has 1 aliphatic carbocycles. The topological polar surface area (TPSA) is 32.3 Å². The molecule has 2 aliphatic rings. The second kappa shape index (κ2) is 3.46. The van der Waals surface area contributed by atoms with Crippen molar-refractivity contribution in [3.8, 4) is 0 Å². The number of hydrogen-bond acceptors (Lipinski definition) is 2. The molecular formula is C13H24N2O. The van der Waals surface area contributed by atoms with Crippen LogP contribution in [-0.2, 0) is 4.79 Å². The van der Waals surface area contributed by atoms with Gasteiger partial charge in [-0.1, -0.05) is 0 Å². The highest BCUT2D eigenvalue weighted by atomic mass is 16.1. The first-order valence-corrected chi connectivity index (χ1v) is 6.29. The van der Waals surface area contributed by atoms with Crippen LogP contribution in [0.15, 0.2) is 0 Å². The maximum Gasteiger partial charge on any atom is 0.216 e. The third-order valence-corrected chi connectivity index (χ3v) is 4.12. The lowest BCUT2D eigenvalue weighted by Gasteiger charge is -2.37. The Balaban J connectivity index is 2.02. The number of fused-ring (bicyclic) bond motifs is 1. The summed E-state index contributed by atoms with van der Waals surface area (Å²) in [6.45, 7) is 11.6. The zero-order valence-electron chi connectivity index (χ0n) is 11.1. The van der Waals surface area contributed by atoms with E-state index in [2.05, 4.69) is 37.9 Å². The predicted octanol–water partition coefficient (Wildman–Crippen LogP) is 1.77. The van der Waals surface area contributed by atoms with Crippen molar-refractivity contribution in [3.05, 3.63) is 0 Å². The minimum atomic E-state index is 0.0990. The third kappa shape index (κ3) is 1.86. The van der Waals surface area contributed by atoms with Crippen LogP contribution < -0.4 is 5.32 Å². The maximum absolute atomic E-state index is 11.0. The highest BCUT2D eigenvalue weighted by Gasteiger charge is 2.64. The van der Waals surface area contributed by atoms with E-state index in [0.717, 1.165) is 6.54 Å². The van der Waals surface area contributed by atoms with Gasteiger partial charge < -0.3 is 5.32 Å². The molecule has 1 aliphatic heterocycles. The quantitative estimate of drug-likeness (QED) is 0.775. The van der Waals surface area contributed by atoms with Gasteiger partial charge in [0.1, 0.15) is 0 Å². The Morgan fingerprint density at radius 2 is 2.06 bits per heavy atom. The van der Waals surface area contributed by atoms with Crippen molar-refractivity contribution in [1.29, 1.82) is 0 Å². The Kier molecular flexibility index (Phi) is 2.57. The lowest BCUT2D eigenvalue weighted by molar-refractivity contribution is -0.119. The molecule has 1 amide bonds. The zero-order valence-corrected chi connectivity index (χ0v) is 11.1. The molecule has 2 fully saturated rings. The van der Waals surface area contributed by atoms with Crippen molar-refractivity contribution >= 4 is 5.91 Å². The van der Waals surface area contributed by atoms with Crippen LogP contribution in [0.25, 0.3) is 0 Å². The molecule has 0 spiro atoms. The van der Waals surface area contributed by atoms with Gasteiger partial charge in [-0.05, 0) is 40.5 Å². The summed E-state index contributed by atoms with van der Waals surface area (Å²) in [5.74, 6) is 0.0990. The van der Waals surface area contributed by atoms with Gasteiger partial charge in [-0.15, -0.1) is 0 Å². The van der Waals surface area contributed by atoms with Crippen LogP contribution in [-0.4, -0.2) is 35.0 Å². The first-order chi connectivity index (χ1) is 7.26. The smallest absolute Gasteiger partial charge is 0.216 e. The number of nitrogens with one attached hydrogen (secondary N) is 1. The third-order valence-electron chi connectivity index (χ3n) is 4.12. The molecule has 3 atom stereocenters. The van der Waals surface area contributed by atoms with Gasteiger partial charge >= 0.3 is 0 Å². The maximum atomic E-state index is 11.0. The molecule has 0 radical (unpaired) electrons. The average Bonchev–Trinajstić information content (AvgIpc) is 2.67. The van der Waals surface area contributed by atoms with Gasteiger partial charge in [-0.2, -0.15) is 0 Å². The van der Waals surface area contributed by atoms with Gasteiger partial charge in [-0.25, -0.2) is 0 Å². The molecule has 92 valence electrons. The Morgan fingerprint density at radius 3 is 2.50 bits per heavy atom. The fourth-order valence-corrected chi connectivity index (χ4v) is 3.62. The number of carbonyl (C=O) groups excluding carboxylic acids is 1. The van der Waals surface area contributed by atoms with Crippen molar-refractivity contribution < 1.29 is 4.79 Å². The largest absolute Gasteiger partial charge is 0.356 e. The lowest BCUT2D eigenvalue weighted by atomic mass is 9.99. The molecule has 2 rings (SSSR count). The van der Waals surface area contributed by atoms with Crippen LogP contribution in [0.2, 0.25) is 0 Å². The number of likely N-dealkylation sites (tertiary alicyclic amines) is 1. The minimum absolute atomic E-state index is 0.0990. The van der Waals surface area contributed by atoms with Crippen molar-refractivity contribution in [3.63, 3.8) is 0 Å². The molecule has 1 heterocycles. The predicted molar refractivity (Wildman–Crippen MR) is 65.2 cm³/mol. The first kappa shape index (κ1) is 11.9. The van der Waals surface area contributed by atoms with E-state index in [1.165, 1.54) is 12.8 Å². The molecule has 0 unspecified atom stereocenters.